The first-order valence-corrected chi connectivity index (χ1v) is 11.5. The third-order valence-electron chi connectivity index (χ3n) is 6.18. The molecular formula is C28H32BrN. The molecule has 0 aliphatic carbocycles. The lowest BCUT2D eigenvalue weighted by atomic mass is 9.85. The van der Waals surface area contributed by atoms with Crippen LogP contribution in [0.2, 0.25) is 0 Å². The molecular weight excluding hydrogens is 430 g/mol. The van der Waals surface area contributed by atoms with Crippen molar-refractivity contribution in [2.75, 3.05) is 0 Å². The zero-order chi connectivity index (χ0) is 22.0. The molecule has 1 aromatic heterocycles. The van der Waals surface area contributed by atoms with Crippen molar-refractivity contribution in [1.29, 1.82) is 0 Å². The maximum absolute atomic E-state index is 3.73. The van der Waals surface area contributed by atoms with Gasteiger partial charge in [0, 0.05) is 20.9 Å². The van der Waals surface area contributed by atoms with Crippen molar-refractivity contribution in [3.63, 3.8) is 0 Å². The first-order valence-electron chi connectivity index (χ1n) is 10.7. The van der Waals surface area contributed by atoms with Crippen LogP contribution < -0.4 is 0 Å². The Morgan fingerprint density at radius 2 is 1.03 bits per heavy atom. The standard InChI is InChI=1S/C28H32BrN/c1-17-13-21(14-18(2)26(17)29)30-24-11-9-19(27(3,4)5)15-22(24)23-16-20(28(6,7)8)10-12-25(23)30/h9-16H,1-8H3. The third-order valence-corrected chi connectivity index (χ3v) is 7.43. The number of aromatic nitrogens is 1. The molecule has 2 heteroatoms. The molecule has 0 spiro atoms. The summed E-state index contributed by atoms with van der Waals surface area (Å²) in [5.74, 6) is 0. The van der Waals surface area contributed by atoms with Crippen LogP contribution in [-0.2, 0) is 10.8 Å². The Kier molecular flexibility index (Phi) is 4.93. The minimum absolute atomic E-state index is 0.120. The topological polar surface area (TPSA) is 4.93 Å². The lowest BCUT2D eigenvalue weighted by molar-refractivity contribution is 0.590. The molecule has 0 bridgehead atoms. The number of hydrogen-bond acceptors (Lipinski definition) is 0. The first kappa shape index (κ1) is 21.2. The number of rotatable bonds is 1. The zero-order valence-corrected chi connectivity index (χ0v) is 21.0. The van der Waals surface area contributed by atoms with Crippen molar-refractivity contribution in [2.24, 2.45) is 0 Å². The minimum Gasteiger partial charge on any atom is -0.309 e. The highest BCUT2D eigenvalue weighted by atomic mass is 79.9. The van der Waals surface area contributed by atoms with E-state index in [1.165, 1.54) is 54.2 Å². The van der Waals surface area contributed by atoms with E-state index >= 15 is 0 Å². The molecule has 1 heterocycles. The molecule has 0 fully saturated rings. The second-order valence-electron chi connectivity index (χ2n) is 10.7. The second-order valence-corrected chi connectivity index (χ2v) is 11.5. The maximum atomic E-state index is 3.73. The predicted molar refractivity (Wildman–Crippen MR) is 135 cm³/mol. The Morgan fingerprint density at radius 3 is 1.40 bits per heavy atom. The predicted octanol–water partition coefficient (Wildman–Crippen LogP) is 8.76. The van der Waals surface area contributed by atoms with Gasteiger partial charge in [-0.3, -0.25) is 0 Å². The Hall–Kier alpha value is -2.06. The molecule has 0 N–H and O–H groups in total. The molecule has 4 rings (SSSR count). The van der Waals surface area contributed by atoms with Crippen molar-refractivity contribution in [3.8, 4) is 5.69 Å². The summed E-state index contributed by atoms with van der Waals surface area (Å²) >= 11 is 3.73. The van der Waals surface area contributed by atoms with E-state index in [1.807, 2.05) is 0 Å². The fourth-order valence-electron chi connectivity index (χ4n) is 4.29. The van der Waals surface area contributed by atoms with Gasteiger partial charge in [0.25, 0.3) is 0 Å². The van der Waals surface area contributed by atoms with Crippen molar-refractivity contribution in [2.45, 2.75) is 66.2 Å². The first-order chi connectivity index (χ1) is 13.9. The van der Waals surface area contributed by atoms with Crippen LogP contribution in [0.3, 0.4) is 0 Å². The second kappa shape index (κ2) is 6.99. The molecule has 0 aliphatic rings. The van der Waals surface area contributed by atoms with Gasteiger partial charge in [-0.25, -0.2) is 0 Å². The monoisotopic (exact) mass is 461 g/mol. The van der Waals surface area contributed by atoms with Gasteiger partial charge in [-0.2, -0.15) is 0 Å². The van der Waals surface area contributed by atoms with Crippen molar-refractivity contribution >= 4 is 37.7 Å². The van der Waals surface area contributed by atoms with E-state index in [0.717, 1.165) is 0 Å². The summed E-state index contributed by atoms with van der Waals surface area (Å²) in [5.41, 5.74) is 9.27. The highest BCUT2D eigenvalue weighted by molar-refractivity contribution is 9.10. The van der Waals surface area contributed by atoms with Gasteiger partial charge in [-0.05, 0) is 83.3 Å². The number of nitrogens with zero attached hydrogens (tertiary/aromatic N) is 1. The van der Waals surface area contributed by atoms with Crippen LogP contribution in [0.1, 0.15) is 63.8 Å². The summed E-state index contributed by atoms with van der Waals surface area (Å²) in [6.45, 7) is 18.1. The van der Waals surface area contributed by atoms with E-state index in [-0.39, 0.29) is 10.8 Å². The Labute approximate surface area is 189 Å². The largest absolute Gasteiger partial charge is 0.309 e. The number of benzene rings is 3. The molecule has 4 aromatic rings. The number of hydrogen-bond donors (Lipinski definition) is 0. The summed E-state index contributed by atoms with van der Waals surface area (Å²) in [6.07, 6.45) is 0. The fourth-order valence-corrected chi connectivity index (χ4v) is 4.52. The normalized spacial score (nSPS) is 12.8. The fraction of sp³-hybridized carbons (Fsp3) is 0.357. The highest BCUT2D eigenvalue weighted by Gasteiger charge is 2.21. The van der Waals surface area contributed by atoms with Crippen molar-refractivity contribution < 1.29 is 0 Å². The van der Waals surface area contributed by atoms with Crippen LogP contribution >= 0.6 is 15.9 Å². The highest BCUT2D eigenvalue weighted by Crippen LogP contribution is 2.38. The van der Waals surface area contributed by atoms with E-state index < -0.39 is 0 Å². The Morgan fingerprint density at radius 1 is 0.633 bits per heavy atom. The lowest BCUT2D eigenvalue weighted by Gasteiger charge is -2.19. The van der Waals surface area contributed by atoms with Crippen LogP contribution in [0.25, 0.3) is 27.5 Å². The molecule has 156 valence electrons. The minimum atomic E-state index is 0.120. The van der Waals surface area contributed by atoms with Crippen LogP contribution in [-0.4, -0.2) is 4.57 Å². The average molecular weight is 462 g/mol. The number of halogens is 1. The van der Waals surface area contributed by atoms with Crippen LogP contribution in [0.5, 0.6) is 0 Å². The smallest absolute Gasteiger partial charge is 0.0541 e. The van der Waals surface area contributed by atoms with E-state index in [2.05, 4.69) is 124 Å². The van der Waals surface area contributed by atoms with E-state index in [4.69, 9.17) is 0 Å². The molecule has 0 amide bonds. The van der Waals surface area contributed by atoms with Crippen LogP contribution in [0.4, 0.5) is 0 Å². The summed E-state index contributed by atoms with van der Waals surface area (Å²) in [6, 6.07) is 18.6. The Bertz CT molecular complexity index is 1180. The van der Waals surface area contributed by atoms with E-state index in [1.54, 1.807) is 0 Å². The summed E-state index contributed by atoms with van der Waals surface area (Å²) in [7, 11) is 0. The average Bonchev–Trinajstić information content (AvgIpc) is 2.97. The van der Waals surface area contributed by atoms with Crippen molar-refractivity contribution in [3.05, 3.63) is 75.3 Å². The summed E-state index contributed by atoms with van der Waals surface area (Å²) in [5, 5.41) is 2.67. The van der Waals surface area contributed by atoms with Gasteiger partial charge in [-0.1, -0.05) is 69.6 Å². The quantitative estimate of drug-likeness (QED) is 0.266. The molecule has 3 aromatic carbocycles. The van der Waals surface area contributed by atoms with Gasteiger partial charge in [0.2, 0.25) is 0 Å². The molecule has 0 radical (unpaired) electrons. The third kappa shape index (κ3) is 3.50. The molecule has 0 saturated carbocycles. The van der Waals surface area contributed by atoms with Gasteiger partial charge in [0.15, 0.2) is 0 Å². The molecule has 0 unspecified atom stereocenters. The zero-order valence-electron chi connectivity index (χ0n) is 19.4. The molecule has 0 saturated heterocycles. The van der Waals surface area contributed by atoms with Gasteiger partial charge >= 0.3 is 0 Å². The number of fused-ring (bicyclic) bond motifs is 3. The van der Waals surface area contributed by atoms with Gasteiger partial charge in [-0.15, -0.1) is 0 Å². The summed E-state index contributed by atoms with van der Waals surface area (Å²) in [4.78, 5) is 0. The number of aryl methyl sites for hydroxylation is 2. The lowest BCUT2D eigenvalue weighted by Crippen LogP contribution is -2.10. The maximum Gasteiger partial charge on any atom is 0.0541 e. The van der Waals surface area contributed by atoms with Crippen molar-refractivity contribution in [1.82, 2.24) is 4.57 Å². The van der Waals surface area contributed by atoms with E-state index in [0.29, 0.717) is 0 Å². The van der Waals surface area contributed by atoms with Gasteiger partial charge in [0.05, 0.1) is 11.0 Å². The van der Waals surface area contributed by atoms with Gasteiger partial charge < -0.3 is 4.57 Å². The van der Waals surface area contributed by atoms with Crippen LogP contribution in [0.15, 0.2) is 53.0 Å². The SMILES string of the molecule is Cc1cc(-n2c3ccc(C(C)(C)C)cc3c3cc(C(C)(C)C)ccc32)cc(C)c1Br. The van der Waals surface area contributed by atoms with E-state index in [9.17, 15) is 0 Å². The molecule has 0 aliphatic heterocycles. The molecule has 30 heavy (non-hydrogen) atoms. The Balaban J connectivity index is 2.14. The van der Waals surface area contributed by atoms with Gasteiger partial charge in [0.1, 0.15) is 0 Å². The summed E-state index contributed by atoms with van der Waals surface area (Å²) < 4.78 is 3.62. The van der Waals surface area contributed by atoms with Crippen LogP contribution in [0, 0.1) is 13.8 Å². The molecule has 0 atom stereocenters. The molecule has 1 nitrogen and oxygen atoms in total.